The Balaban J connectivity index is 1.67. The molecule has 5 nitrogen and oxygen atoms in total. The first-order valence-corrected chi connectivity index (χ1v) is 9.79. The van der Waals surface area contributed by atoms with E-state index in [1.165, 1.54) is 5.56 Å². The van der Waals surface area contributed by atoms with Crippen molar-refractivity contribution in [3.63, 3.8) is 0 Å². The number of benzene rings is 2. The van der Waals surface area contributed by atoms with Crippen molar-refractivity contribution in [2.24, 2.45) is 0 Å². The van der Waals surface area contributed by atoms with Gasteiger partial charge < -0.3 is 19.4 Å². The molecule has 1 aromatic heterocycles. The van der Waals surface area contributed by atoms with Crippen LogP contribution in [0.3, 0.4) is 0 Å². The predicted octanol–water partition coefficient (Wildman–Crippen LogP) is 4.51. The lowest BCUT2D eigenvalue weighted by atomic mass is 10.0. The second-order valence-corrected chi connectivity index (χ2v) is 7.57. The fourth-order valence-corrected chi connectivity index (χ4v) is 3.72. The third kappa shape index (κ3) is 3.86. The van der Waals surface area contributed by atoms with Gasteiger partial charge in [-0.1, -0.05) is 11.6 Å². The van der Waals surface area contributed by atoms with Crippen LogP contribution in [0.25, 0.3) is 11.0 Å². The Morgan fingerprint density at radius 3 is 2.61 bits per heavy atom. The van der Waals surface area contributed by atoms with E-state index >= 15 is 0 Å². The van der Waals surface area contributed by atoms with E-state index in [9.17, 15) is 4.79 Å². The number of morpholine rings is 1. The van der Waals surface area contributed by atoms with Gasteiger partial charge in [0.25, 0.3) is 0 Å². The summed E-state index contributed by atoms with van der Waals surface area (Å²) in [5, 5.41) is 5.09. The Morgan fingerprint density at radius 2 is 1.82 bits per heavy atom. The van der Waals surface area contributed by atoms with Gasteiger partial charge in [0.2, 0.25) is 0 Å². The van der Waals surface area contributed by atoms with E-state index in [1.54, 1.807) is 6.07 Å². The minimum absolute atomic E-state index is 0.341. The first-order valence-electron chi connectivity index (χ1n) is 9.41. The summed E-state index contributed by atoms with van der Waals surface area (Å²) in [6.45, 7) is 7.68. The molecule has 146 valence electrons. The number of hydrogen-bond acceptors (Lipinski definition) is 5. The molecule has 28 heavy (non-hydrogen) atoms. The van der Waals surface area contributed by atoms with Crippen LogP contribution in [0, 0.1) is 13.8 Å². The molecular weight excluding hydrogens is 376 g/mol. The molecule has 6 heteroatoms. The number of rotatable bonds is 4. The summed E-state index contributed by atoms with van der Waals surface area (Å²) in [5.41, 5.74) is 5.48. The number of halogens is 1. The molecule has 0 aliphatic carbocycles. The second kappa shape index (κ2) is 7.86. The lowest BCUT2D eigenvalue weighted by Crippen LogP contribution is -2.36. The fraction of sp³-hybridized carbons (Fsp3) is 0.318. The number of nitrogens with one attached hydrogen (secondary N) is 1. The quantitative estimate of drug-likeness (QED) is 0.655. The molecular formula is C22H23ClN2O3. The Morgan fingerprint density at radius 1 is 1.07 bits per heavy atom. The summed E-state index contributed by atoms with van der Waals surface area (Å²) in [7, 11) is 0. The lowest BCUT2D eigenvalue weighted by Gasteiger charge is -2.31. The maximum absolute atomic E-state index is 12.0. The maximum atomic E-state index is 12.0. The Hall–Kier alpha value is -2.50. The molecule has 2 heterocycles. The fourth-order valence-electron chi connectivity index (χ4n) is 3.55. The van der Waals surface area contributed by atoms with Crippen molar-refractivity contribution in [1.82, 2.24) is 0 Å². The molecule has 3 aromatic rings. The first kappa shape index (κ1) is 18.8. The molecule has 1 N–H and O–H groups in total. The van der Waals surface area contributed by atoms with Gasteiger partial charge in [-0.25, -0.2) is 4.79 Å². The highest BCUT2D eigenvalue weighted by Crippen LogP contribution is 2.31. The van der Waals surface area contributed by atoms with E-state index in [2.05, 4.69) is 23.2 Å². The Kier molecular flexibility index (Phi) is 5.29. The average Bonchev–Trinajstić information content (AvgIpc) is 2.68. The van der Waals surface area contributed by atoms with Crippen molar-refractivity contribution in [1.29, 1.82) is 0 Å². The standard InChI is InChI=1S/C22H23ClN2O3/c1-14-9-18-16(11-22(26)28-21(18)10-15(14)2)13-24-19-12-17(23)3-4-20(19)25-5-7-27-8-6-25/h3-4,9-12,24H,5-8,13H2,1-2H3. The largest absolute Gasteiger partial charge is 0.423 e. The number of aryl methyl sites for hydroxylation is 2. The zero-order valence-corrected chi connectivity index (χ0v) is 16.8. The SMILES string of the molecule is Cc1cc2oc(=O)cc(CNc3cc(Cl)ccc3N3CCOCC3)c2cc1C. The molecule has 2 aromatic carbocycles. The van der Waals surface area contributed by atoms with Crippen LogP contribution in [0.4, 0.5) is 11.4 Å². The normalized spacial score (nSPS) is 14.5. The lowest BCUT2D eigenvalue weighted by molar-refractivity contribution is 0.123. The predicted molar refractivity (Wildman–Crippen MR) is 114 cm³/mol. The molecule has 1 aliphatic rings. The van der Waals surface area contributed by atoms with E-state index in [4.69, 9.17) is 20.8 Å². The van der Waals surface area contributed by atoms with Gasteiger partial charge >= 0.3 is 5.63 Å². The minimum atomic E-state index is -0.341. The van der Waals surface area contributed by atoms with Crippen molar-refractivity contribution in [2.45, 2.75) is 20.4 Å². The summed E-state index contributed by atoms with van der Waals surface area (Å²) in [5.74, 6) is 0. The molecule has 0 unspecified atom stereocenters. The highest BCUT2D eigenvalue weighted by molar-refractivity contribution is 6.31. The summed E-state index contributed by atoms with van der Waals surface area (Å²) in [4.78, 5) is 14.3. The zero-order valence-electron chi connectivity index (χ0n) is 16.0. The Labute approximate surface area is 168 Å². The van der Waals surface area contributed by atoms with Gasteiger partial charge in [-0.2, -0.15) is 0 Å². The average molecular weight is 399 g/mol. The zero-order chi connectivity index (χ0) is 19.7. The van der Waals surface area contributed by atoms with Crippen LogP contribution in [0.5, 0.6) is 0 Å². The van der Waals surface area contributed by atoms with Crippen LogP contribution in [-0.2, 0) is 11.3 Å². The van der Waals surface area contributed by atoms with Crippen LogP contribution >= 0.6 is 11.6 Å². The summed E-state index contributed by atoms with van der Waals surface area (Å²) < 4.78 is 10.9. The van der Waals surface area contributed by atoms with Crippen molar-refractivity contribution in [3.05, 3.63) is 68.5 Å². The molecule has 1 saturated heterocycles. The molecule has 0 radical (unpaired) electrons. The van der Waals surface area contributed by atoms with Crippen LogP contribution in [0.1, 0.15) is 16.7 Å². The van der Waals surface area contributed by atoms with E-state index in [1.807, 2.05) is 31.2 Å². The van der Waals surface area contributed by atoms with Gasteiger partial charge in [0.05, 0.1) is 24.6 Å². The topological polar surface area (TPSA) is 54.7 Å². The smallest absolute Gasteiger partial charge is 0.336 e. The number of hydrogen-bond donors (Lipinski definition) is 1. The van der Waals surface area contributed by atoms with Gasteiger partial charge in [0.1, 0.15) is 5.58 Å². The molecule has 0 atom stereocenters. The second-order valence-electron chi connectivity index (χ2n) is 7.14. The van der Waals surface area contributed by atoms with Gasteiger partial charge in [-0.05, 0) is 60.9 Å². The Bertz CT molecular complexity index is 1070. The van der Waals surface area contributed by atoms with Crippen molar-refractivity contribution in [2.75, 3.05) is 36.5 Å². The summed E-state index contributed by atoms with van der Waals surface area (Å²) >= 11 is 6.25. The molecule has 0 saturated carbocycles. The van der Waals surface area contributed by atoms with Crippen LogP contribution in [0.15, 0.2) is 45.6 Å². The van der Waals surface area contributed by atoms with Crippen LogP contribution in [0.2, 0.25) is 5.02 Å². The minimum Gasteiger partial charge on any atom is -0.423 e. The summed E-state index contributed by atoms with van der Waals surface area (Å²) in [6.07, 6.45) is 0. The van der Waals surface area contributed by atoms with E-state index in [-0.39, 0.29) is 5.63 Å². The molecule has 4 rings (SSSR count). The van der Waals surface area contributed by atoms with Gasteiger partial charge in [-0.15, -0.1) is 0 Å². The molecule has 0 bridgehead atoms. The van der Waals surface area contributed by atoms with E-state index in [0.29, 0.717) is 30.4 Å². The molecule has 0 amide bonds. The third-order valence-corrected chi connectivity index (χ3v) is 5.46. The first-order chi connectivity index (χ1) is 13.5. The maximum Gasteiger partial charge on any atom is 0.336 e. The van der Waals surface area contributed by atoms with E-state index in [0.717, 1.165) is 41.0 Å². The number of anilines is 2. The van der Waals surface area contributed by atoms with Crippen molar-refractivity contribution < 1.29 is 9.15 Å². The summed E-state index contributed by atoms with van der Waals surface area (Å²) in [6, 6.07) is 11.4. The monoisotopic (exact) mass is 398 g/mol. The van der Waals surface area contributed by atoms with Gasteiger partial charge in [0, 0.05) is 36.1 Å². The van der Waals surface area contributed by atoms with E-state index < -0.39 is 0 Å². The highest BCUT2D eigenvalue weighted by Gasteiger charge is 2.16. The van der Waals surface area contributed by atoms with Crippen molar-refractivity contribution >= 4 is 33.9 Å². The van der Waals surface area contributed by atoms with Crippen molar-refractivity contribution in [3.8, 4) is 0 Å². The third-order valence-electron chi connectivity index (χ3n) is 5.22. The van der Waals surface area contributed by atoms with Crippen LogP contribution in [-0.4, -0.2) is 26.3 Å². The highest BCUT2D eigenvalue weighted by atomic mass is 35.5. The van der Waals surface area contributed by atoms with Crippen LogP contribution < -0.4 is 15.8 Å². The van der Waals surface area contributed by atoms with Gasteiger partial charge in [0.15, 0.2) is 0 Å². The molecule has 1 fully saturated rings. The molecule has 1 aliphatic heterocycles. The number of fused-ring (bicyclic) bond motifs is 1. The number of nitrogens with zero attached hydrogens (tertiary/aromatic N) is 1. The number of ether oxygens (including phenoxy) is 1. The molecule has 0 spiro atoms. The van der Waals surface area contributed by atoms with Gasteiger partial charge in [-0.3, -0.25) is 0 Å².